The number of aliphatic hydroxyl groups excluding tert-OH is 4. The summed E-state index contributed by atoms with van der Waals surface area (Å²) < 4.78 is 4.71. The predicted octanol–water partition coefficient (Wildman–Crippen LogP) is -1.82. The van der Waals surface area contributed by atoms with Crippen molar-refractivity contribution in [3.63, 3.8) is 0 Å². The Morgan fingerprint density at radius 1 is 1.17 bits per heavy atom. The fraction of sp³-hybridized carbons (Fsp3) is 1.00. The second-order valence-corrected chi connectivity index (χ2v) is 3.73. The molecule has 0 aromatic rings. The Balaban J connectivity index is 2.63. The van der Waals surface area contributed by atoms with Crippen LogP contribution in [-0.4, -0.2) is 56.5 Å². The van der Waals surface area contributed by atoms with Crippen LogP contribution in [0.25, 0.3) is 0 Å². The van der Waals surface area contributed by atoms with Crippen LogP contribution in [0, 0.1) is 0 Å². The fourth-order valence-corrected chi connectivity index (χ4v) is 1.66. The first kappa shape index (κ1) is 10.4. The molecular weight excluding hydrogens is 232 g/mol. The van der Waals surface area contributed by atoms with Crippen molar-refractivity contribution in [1.82, 2.24) is 0 Å². The van der Waals surface area contributed by atoms with E-state index < -0.39 is 36.0 Å². The van der Waals surface area contributed by atoms with Gasteiger partial charge in [0, 0.05) is 0 Å². The molecule has 0 spiro atoms. The molecule has 1 aliphatic rings. The number of hydrogen-bond acceptors (Lipinski definition) is 5. The van der Waals surface area contributed by atoms with Crippen LogP contribution in [0.4, 0.5) is 0 Å². The van der Waals surface area contributed by atoms with E-state index in [9.17, 15) is 5.11 Å². The molecule has 0 bridgehead atoms. The number of rotatable bonds is 1. The Morgan fingerprint density at radius 3 is 2.25 bits per heavy atom. The van der Waals surface area contributed by atoms with E-state index in [4.69, 9.17) is 20.1 Å². The third kappa shape index (κ3) is 1.78. The van der Waals surface area contributed by atoms with Gasteiger partial charge in [0.1, 0.15) is 12.2 Å². The summed E-state index contributed by atoms with van der Waals surface area (Å²) in [6.07, 6.45) is -4.42. The first-order valence-corrected chi connectivity index (χ1v) is 4.44. The second kappa shape index (κ2) is 3.99. The number of halogens is 1. The Kier molecular flexibility index (Phi) is 3.45. The van der Waals surface area contributed by atoms with Gasteiger partial charge < -0.3 is 25.2 Å². The van der Waals surface area contributed by atoms with Gasteiger partial charge in [-0.2, -0.15) is 0 Å². The van der Waals surface area contributed by atoms with Crippen molar-refractivity contribution in [3.8, 4) is 0 Å². The van der Waals surface area contributed by atoms with E-state index in [1.54, 1.807) is 0 Å². The zero-order valence-electron chi connectivity index (χ0n) is 6.17. The van der Waals surface area contributed by atoms with E-state index in [2.05, 4.69) is 15.9 Å². The minimum atomic E-state index is -1.37. The molecule has 1 aliphatic heterocycles. The second-order valence-electron chi connectivity index (χ2n) is 2.67. The van der Waals surface area contributed by atoms with Crippen molar-refractivity contribution < 1.29 is 25.2 Å². The van der Waals surface area contributed by atoms with E-state index >= 15 is 0 Å². The van der Waals surface area contributed by atoms with Crippen LogP contribution in [0.5, 0.6) is 0 Å². The SMILES string of the molecule is OC[C@H]1OC(O)[C@@H](O)[C@@H](Br)[C@@H]1O. The van der Waals surface area contributed by atoms with Crippen LogP contribution in [0.3, 0.4) is 0 Å². The third-order valence-corrected chi connectivity index (χ3v) is 2.90. The Labute approximate surface area is 77.7 Å². The van der Waals surface area contributed by atoms with Crippen LogP contribution < -0.4 is 0 Å². The molecule has 0 radical (unpaired) electrons. The average Bonchev–Trinajstić information content (AvgIpc) is 2.08. The van der Waals surface area contributed by atoms with Crippen molar-refractivity contribution in [2.24, 2.45) is 0 Å². The largest absolute Gasteiger partial charge is 0.394 e. The summed E-state index contributed by atoms with van der Waals surface area (Å²) in [4.78, 5) is -0.682. The van der Waals surface area contributed by atoms with E-state index in [0.29, 0.717) is 0 Å². The summed E-state index contributed by atoms with van der Waals surface area (Å²) in [5.74, 6) is 0. The van der Waals surface area contributed by atoms with Gasteiger partial charge in [0.25, 0.3) is 0 Å². The van der Waals surface area contributed by atoms with Gasteiger partial charge in [0.15, 0.2) is 6.29 Å². The van der Waals surface area contributed by atoms with E-state index in [1.165, 1.54) is 0 Å². The van der Waals surface area contributed by atoms with E-state index in [-0.39, 0.29) is 0 Å². The molecule has 0 amide bonds. The monoisotopic (exact) mass is 242 g/mol. The Hall–Kier alpha value is 0.280. The van der Waals surface area contributed by atoms with Crippen LogP contribution >= 0.6 is 15.9 Å². The zero-order chi connectivity index (χ0) is 9.30. The molecule has 5 nitrogen and oxygen atoms in total. The van der Waals surface area contributed by atoms with E-state index in [0.717, 1.165) is 0 Å². The lowest BCUT2D eigenvalue weighted by Gasteiger charge is -2.37. The summed E-state index contributed by atoms with van der Waals surface area (Å²) in [6.45, 7) is -0.396. The van der Waals surface area contributed by atoms with Gasteiger partial charge in [-0.15, -0.1) is 0 Å². The maximum atomic E-state index is 9.32. The smallest absolute Gasteiger partial charge is 0.182 e. The highest BCUT2D eigenvalue weighted by Gasteiger charge is 2.42. The average molecular weight is 243 g/mol. The topological polar surface area (TPSA) is 90.2 Å². The molecule has 0 saturated carbocycles. The van der Waals surface area contributed by atoms with Gasteiger partial charge in [0.2, 0.25) is 0 Å². The van der Waals surface area contributed by atoms with Gasteiger partial charge in [-0.25, -0.2) is 0 Å². The summed E-state index contributed by atoms with van der Waals surface area (Å²) in [5, 5.41) is 36.2. The van der Waals surface area contributed by atoms with Crippen molar-refractivity contribution in [2.45, 2.75) is 29.4 Å². The quantitative estimate of drug-likeness (QED) is 0.407. The lowest BCUT2D eigenvalue weighted by Crippen LogP contribution is -2.56. The van der Waals surface area contributed by atoms with Gasteiger partial charge in [-0.1, -0.05) is 15.9 Å². The number of alkyl halides is 1. The lowest BCUT2D eigenvalue weighted by atomic mass is 10.0. The van der Waals surface area contributed by atoms with Gasteiger partial charge in [0.05, 0.1) is 17.5 Å². The van der Waals surface area contributed by atoms with Gasteiger partial charge >= 0.3 is 0 Å². The van der Waals surface area contributed by atoms with Crippen molar-refractivity contribution in [2.75, 3.05) is 6.61 Å². The highest BCUT2D eigenvalue weighted by Crippen LogP contribution is 2.24. The molecule has 4 N–H and O–H groups in total. The van der Waals surface area contributed by atoms with E-state index in [1.807, 2.05) is 0 Å². The Morgan fingerprint density at radius 2 is 1.75 bits per heavy atom. The molecule has 1 saturated heterocycles. The zero-order valence-corrected chi connectivity index (χ0v) is 7.75. The van der Waals surface area contributed by atoms with Crippen LogP contribution in [0.1, 0.15) is 0 Å². The molecule has 1 unspecified atom stereocenters. The number of aliphatic hydroxyl groups is 4. The molecule has 0 aliphatic carbocycles. The molecule has 6 heteroatoms. The highest BCUT2D eigenvalue weighted by molar-refractivity contribution is 9.09. The minimum Gasteiger partial charge on any atom is -0.394 e. The Bertz CT molecular complexity index is 150. The molecule has 0 aromatic carbocycles. The van der Waals surface area contributed by atoms with Crippen LogP contribution in [0.2, 0.25) is 0 Å². The first-order valence-electron chi connectivity index (χ1n) is 3.52. The maximum Gasteiger partial charge on any atom is 0.182 e. The lowest BCUT2D eigenvalue weighted by molar-refractivity contribution is -0.247. The molecule has 1 rings (SSSR count). The van der Waals surface area contributed by atoms with Crippen LogP contribution in [-0.2, 0) is 4.74 Å². The van der Waals surface area contributed by atoms with Gasteiger partial charge in [-0.05, 0) is 0 Å². The first-order chi connectivity index (χ1) is 5.57. The highest BCUT2D eigenvalue weighted by atomic mass is 79.9. The van der Waals surface area contributed by atoms with Crippen molar-refractivity contribution in [3.05, 3.63) is 0 Å². The summed E-state index contributed by atoms with van der Waals surface area (Å²) in [5.41, 5.74) is 0. The summed E-state index contributed by atoms with van der Waals surface area (Å²) in [6, 6.07) is 0. The van der Waals surface area contributed by atoms with Crippen molar-refractivity contribution in [1.29, 1.82) is 0 Å². The summed E-state index contributed by atoms with van der Waals surface area (Å²) >= 11 is 2.99. The third-order valence-electron chi connectivity index (χ3n) is 1.82. The molecule has 72 valence electrons. The molecule has 5 atom stereocenters. The molecule has 12 heavy (non-hydrogen) atoms. The molecule has 1 fully saturated rings. The van der Waals surface area contributed by atoms with Gasteiger partial charge in [-0.3, -0.25) is 0 Å². The number of hydrogen-bond donors (Lipinski definition) is 4. The predicted molar refractivity (Wildman–Crippen MR) is 42.7 cm³/mol. The van der Waals surface area contributed by atoms with Crippen molar-refractivity contribution >= 4 is 15.9 Å². The molecule has 0 aromatic heterocycles. The summed E-state index contributed by atoms with van der Waals surface area (Å²) in [7, 11) is 0. The minimum absolute atomic E-state index is 0.396. The normalized spacial score (nSPS) is 49.2. The molecular formula is C6H11BrO5. The maximum absolute atomic E-state index is 9.32. The number of ether oxygens (including phenoxy) is 1. The standard InChI is InChI=1S/C6H11BrO5/c7-3-4(9)2(1-8)12-6(11)5(3)10/h2-6,8-11H,1H2/t2-,3+,4-,5+,6?/m1/s1. The molecule has 1 heterocycles. The fourth-order valence-electron chi connectivity index (χ4n) is 1.06. The van der Waals surface area contributed by atoms with Crippen LogP contribution in [0.15, 0.2) is 0 Å².